The van der Waals surface area contributed by atoms with Gasteiger partial charge in [0.25, 0.3) is 0 Å². The Morgan fingerprint density at radius 2 is 1.94 bits per heavy atom. The van der Waals surface area contributed by atoms with E-state index >= 15 is 0 Å². The van der Waals surface area contributed by atoms with Crippen LogP contribution in [0.2, 0.25) is 0 Å². The lowest BCUT2D eigenvalue weighted by molar-refractivity contribution is -0.0148. The maximum absolute atomic E-state index is 11.0. The Balaban J connectivity index is 1.89. The van der Waals surface area contributed by atoms with Gasteiger partial charge in [0.15, 0.2) is 0 Å². The topological polar surface area (TPSA) is 32.3 Å². The van der Waals surface area contributed by atoms with Gasteiger partial charge >= 0.3 is 0 Å². The third-order valence-corrected chi connectivity index (χ3v) is 4.54. The van der Waals surface area contributed by atoms with E-state index in [0.717, 1.165) is 31.4 Å². The summed E-state index contributed by atoms with van der Waals surface area (Å²) < 4.78 is 0. The Kier molecular flexibility index (Phi) is 2.93. The monoisotopic (exact) mass is 231 g/mol. The molecule has 17 heavy (non-hydrogen) atoms. The van der Waals surface area contributed by atoms with Crippen LogP contribution < -0.4 is 5.32 Å². The fourth-order valence-corrected chi connectivity index (χ4v) is 3.69. The first-order valence-corrected chi connectivity index (χ1v) is 6.82. The zero-order chi connectivity index (χ0) is 11.7. The molecule has 1 aliphatic carbocycles. The van der Waals surface area contributed by atoms with Crippen LogP contribution in [0.15, 0.2) is 30.3 Å². The van der Waals surface area contributed by atoms with Crippen LogP contribution in [0.4, 0.5) is 0 Å². The van der Waals surface area contributed by atoms with E-state index in [-0.39, 0.29) is 0 Å². The molecule has 0 bridgehead atoms. The van der Waals surface area contributed by atoms with Crippen molar-refractivity contribution in [1.82, 2.24) is 5.32 Å². The quantitative estimate of drug-likeness (QED) is 0.819. The lowest BCUT2D eigenvalue weighted by atomic mass is 9.79. The van der Waals surface area contributed by atoms with Crippen LogP contribution in [0.1, 0.15) is 37.7 Å². The smallest absolute Gasteiger partial charge is 0.0939 e. The average Bonchev–Trinajstić information content (AvgIpc) is 2.99. The molecular weight excluding hydrogens is 210 g/mol. The van der Waals surface area contributed by atoms with Crippen LogP contribution in [0.5, 0.6) is 0 Å². The van der Waals surface area contributed by atoms with Gasteiger partial charge in [0.1, 0.15) is 0 Å². The standard InChI is InChI=1S/C15H21NO/c17-15(12-6-2-1-3-7-12)10-4-8-13(15)14-9-5-11-16-14/h1-3,6-7,13-14,16-17H,4-5,8-11H2/t13?,14-,15?/m0/s1. The van der Waals surface area contributed by atoms with E-state index in [1.54, 1.807) is 0 Å². The number of rotatable bonds is 2. The molecule has 2 aliphatic rings. The molecule has 1 saturated carbocycles. The summed E-state index contributed by atoms with van der Waals surface area (Å²) in [5.41, 5.74) is 0.514. The molecule has 1 aliphatic heterocycles. The Bertz CT molecular complexity index is 372. The molecule has 0 radical (unpaired) electrons. The summed E-state index contributed by atoms with van der Waals surface area (Å²) in [7, 11) is 0. The predicted molar refractivity (Wildman–Crippen MR) is 68.7 cm³/mol. The van der Waals surface area contributed by atoms with Gasteiger partial charge in [0, 0.05) is 12.0 Å². The molecular formula is C15H21NO. The molecule has 1 saturated heterocycles. The normalized spacial score (nSPS) is 37.5. The van der Waals surface area contributed by atoms with E-state index in [0.29, 0.717) is 12.0 Å². The van der Waals surface area contributed by atoms with Crippen molar-refractivity contribution in [3.63, 3.8) is 0 Å². The van der Waals surface area contributed by atoms with Gasteiger partial charge in [-0.1, -0.05) is 30.3 Å². The average molecular weight is 231 g/mol. The molecule has 1 heterocycles. The van der Waals surface area contributed by atoms with Crippen LogP contribution in [0.25, 0.3) is 0 Å². The molecule has 2 heteroatoms. The summed E-state index contributed by atoms with van der Waals surface area (Å²) in [5.74, 6) is 0.396. The number of benzene rings is 1. The van der Waals surface area contributed by atoms with Crippen molar-refractivity contribution >= 4 is 0 Å². The largest absolute Gasteiger partial charge is 0.385 e. The highest BCUT2D eigenvalue weighted by Crippen LogP contribution is 2.46. The van der Waals surface area contributed by atoms with E-state index in [4.69, 9.17) is 0 Å². The van der Waals surface area contributed by atoms with Crippen LogP contribution in [-0.4, -0.2) is 17.7 Å². The van der Waals surface area contributed by atoms with Gasteiger partial charge in [0.05, 0.1) is 5.60 Å². The molecule has 2 nitrogen and oxygen atoms in total. The minimum absolute atomic E-state index is 0.396. The zero-order valence-corrected chi connectivity index (χ0v) is 10.2. The van der Waals surface area contributed by atoms with Crippen molar-refractivity contribution in [3.05, 3.63) is 35.9 Å². The first kappa shape index (κ1) is 11.2. The first-order chi connectivity index (χ1) is 8.31. The molecule has 0 spiro atoms. The summed E-state index contributed by atoms with van der Waals surface area (Å²) >= 11 is 0. The van der Waals surface area contributed by atoms with Crippen LogP contribution in [0.3, 0.4) is 0 Å². The second-order valence-corrected chi connectivity index (χ2v) is 5.49. The van der Waals surface area contributed by atoms with Crippen molar-refractivity contribution in [3.8, 4) is 0 Å². The summed E-state index contributed by atoms with van der Waals surface area (Å²) in [6.07, 6.45) is 5.70. The van der Waals surface area contributed by atoms with E-state index in [1.165, 1.54) is 12.8 Å². The SMILES string of the molecule is OC1(c2ccccc2)CCCC1[C@@H]1CCCN1. The number of nitrogens with one attached hydrogen (secondary N) is 1. The van der Waals surface area contributed by atoms with Crippen LogP contribution >= 0.6 is 0 Å². The van der Waals surface area contributed by atoms with E-state index in [1.807, 2.05) is 18.2 Å². The van der Waals surface area contributed by atoms with Gasteiger partial charge in [-0.2, -0.15) is 0 Å². The third kappa shape index (κ3) is 1.90. The third-order valence-electron chi connectivity index (χ3n) is 4.54. The van der Waals surface area contributed by atoms with Gasteiger partial charge in [-0.15, -0.1) is 0 Å². The van der Waals surface area contributed by atoms with Gasteiger partial charge < -0.3 is 10.4 Å². The Morgan fingerprint density at radius 1 is 1.12 bits per heavy atom. The van der Waals surface area contributed by atoms with Crippen molar-refractivity contribution in [2.45, 2.75) is 43.7 Å². The van der Waals surface area contributed by atoms with Gasteiger partial charge in [-0.25, -0.2) is 0 Å². The van der Waals surface area contributed by atoms with E-state index < -0.39 is 5.60 Å². The maximum atomic E-state index is 11.0. The highest BCUT2D eigenvalue weighted by Gasteiger charge is 2.46. The molecule has 1 aromatic carbocycles. The fourth-order valence-electron chi connectivity index (χ4n) is 3.69. The summed E-state index contributed by atoms with van der Waals surface area (Å²) in [6, 6.07) is 10.8. The Labute approximate surface area is 103 Å². The zero-order valence-electron chi connectivity index (χ0n) is 10.2. The maximum Gasteiger partial charge on any atom is 0.0939 e. The molecule has 0 aromatic heterocycles. The summed E-state index contributed by atoms with van der Waals surface area (Å²) in [6.45, 7) is 1.12. The van der Waals surface area contributed by atoms with Crippen molar-refractivity contribution < 1.29 is 5.11 Å². The summed E-state index contributed by atoms with van der Waals surface area (Å²) in [5, 5.41) is 14.6. The van der Waals surface area contributed by atoms with Crippen LogP contribution in [0, 0.1) is 5.92 Å². The Morgan fingerprint density at radius 3 is 2.65 bits per heavy atom. The minimum Gasteiger partial charge on any atom is -0.385 e. The van der Waals surface area contributed by atoms with E-state index in [9.17, 15) is 5.11 Å². The number of hydrogen-bond acceptors (Lipinski definition) is 2. The van der Waals surface area contributed by atoms with Gasteiger partial charge in [-0.05, 0) is 44.2 Å². The molecule has 2 fully saturated rings. The second-order valence-electron chi connectivity index (χ2n) is 5.49. The number of aliphatic hydroxyl groups is 1. The predicted octanol–water partition coefficient (Wildman–Crippen LogP) is 2.43. The Hall–Kier alpha value is -0.860. The van der Waals surface area contributed by atoms with Crippen molar-refractivity contribution in [2.75, 3.05) is 6.54 Å². The van der Waals surface area contributed by atoms with Gasteiger partial charge in [0.2, 0.25) is 0 Å². The molecule has 92 valence electrons. The lowest BCUT2D eigenvalue weighted by Gasteiger charge is -2.34. The molecule has 1 aromatic rings. The molecule has 2 unspecified atom stereocenters. The van der Waals surface area contributed by atoms with Crippen LogP contribution in [-0.2, 0) is 5.60 Å². The highest BCUT2D eigenvalue weighted by atomic mass is 16.3. The highest BCUT2D eigenvalue weighted by molar-refractivity contribution is 5.25. The molecule has 0 amide bonds. The van der Waals surface area contributed by atoms with Gasteiger partial charge in [-0.3, -0.25) is 0 Å². The number of hydrogen-bond donors (Lipinski definition) is 2. The second kappa shape index (κ2) is 4.43. The molecule has 3 rings (SSSR count). The molecule has 3 atom stereocenters. The minimum atomic E-state index is -0.594. The van der Waals surface area contributed by atoms with Crippen molar-refractivity contribution in [2.24, 2.45) is 5.92 Å². The van der Waals surface area contributed by atoms with Crippen molar-refractivity contribution in [1.29, 1.82) is 0 Å². The van der Waals surface area contributed by atoms with E-state index in [2.05, 4.69) is 17.4 Å². The molecule has 2 N–H and O–H groups in total. The summed E-state index contributed by atoms with van der Waals surface area (Å²) in [4.78, 5) is 0. The fraction of sp³-hybridized carbons (Fsp3) is 0.600. The lowest BCUT2D eigenvalue weighted by Crippen LogP contribution is -2.42. The first-order valence-electron chi connectivity index (χ1n) is 6.82.